The monoisotopic (exact) mass is 241 g/mol. The lowest BCUT2D eigenvalue weighted by molar-refractivity contribution is 0.0663. The zero-order valence-electron chi connectivity index (χ0n) is 12.0. The van der Waals surface area contributed by atoms with Crippen molar-refractivity contribution in [3.05, 3.63) is 0 Å². The van der Waals surface area contributed by atoms with E-state index in [1.54, 1.807) is 0 Å². The largest absolute Gasteiger partial charge is 0.380 e. The molecule has 3 unspecified atom stereocenters. The predicted molar refractivity (Wildman–Crippen MR) is 74.3 cm³/mol. The highest BCUT2D eigenvalue weighted by atomic mass is 16.5. The molecule has 0 heterocycles. The van der Waals surface area contributed by atoms with E-state index in [4.69, 9.17) is 4.74 Å². The summed E-state index contributed by atoms with van der Waals surface area (Å²) in [6, 6.07) is 0.580. The fourth-order valence-corrected chi connectivity index (χ4v) is 3.22. The Bertz CT molecular complexity index is 184. The number of likely N-dealkylation sites (N-methyl/N-ethyl adjacent to an activating group) is 1. The van der Waals surface area contributed by atoms with Gasteiger partial charge in [-0.15, -0.1) is 0 Å². The Kier molecular flexibility index (Phi) is 7.87. The molecular weight excluding hydrogens is 210 g/mol. The maximum atomic E-state index is 5.78. The van der Waals surface area contributed by atoms with Gasteiger partial charge in [0.05, 0.1) is 6.61 Å². The first kappa shape index (κ1) is 15.0. The lowest BCUT2D eigenvalue weighted by Gasteiger charge is -2.37. The van der Waals surface area contributed by atoms with Crippen molar-refractivity contribution < 1.29 is 4.74 Å². The summed E-state index contributed by atoms with van der Waals surface area (Å²) >= 11 is 0. The third kappa shape index (κ3) is 4.97. The Morgan fingerprint density at radius 1 is 1.18 bits per heavy atom. The van der Waals surface area contributed by atoms with Crippen molar-refractivity contribution >= 4 is 0 Å². The number of nitrogens with one attached hydrogen (secondary N) is 1. The molecule has 0 bridgehead atoms. The normalized spacial score (nSPS) is 27.0. The molecule has 2 nitrogen and oxygen atoms in total. The van der Waals surface area contributed by atoms with Gasteiger partial charge < -0.3 is 10.1 Å². The summed E-state index contributed by atoms with van der Waals surface area (Å²) in [7, 11) is 0. The second-order valence-electron chi connectivity index (χ2n) is 5.36. The van der Waals surface area contributed by atoms with Crippen molar-refractivity contribution in [2.24, 2.45) is 11.8 Å². The maximum Gasteiger partial charge on any atom is 0.0622 e. The van der Waals surface area contributed by atoms with Crippen LogP contribution in [-0.2, 0) is 4.74 Å². The summed E-state index contributed by atoms with van der Waals surface area (Å²) in [6.45, 7) is 9.61. The molecule has 17 heavy (non-hydrogen) atoms. The van der Waals surface area contributed by atoms with Crippen LogP contribution >= 0.6 is 0 Å². The van der Waals surface area contributed by atoms with Gasteiger partial charge in [0, 0.05) is 12.6 Å². The summed E-state index contributed by atoms with van der Waals surface area (Å²) < 4.78 is 5.78. The lowest BCUT2D eigenvalue weighted by Crippen LogP contribution is -2.44. The first-order valence-electron chi connectivity index (χ1n) is 7.64. The summed E-state index contributed by atoms with van der Waals surface area (Å²) in [5.41, 5.74) is 0. The molecule has 0 radical (unpaired) electrons. The topological polar surface area (TPSA) is 21.3 Å². The molecule has 102 valence electrons. The van der Waals surface area contributed by atoms with Gasteiger partial charge >= 0.3 is 0 Å². The van der Waals surface area contributed by atoms with Crippen molar-refractivity contribution in [2.75, 3.05) is 19.8 Å². The summed E-state index contributed by atoms with van der Waals surface area (Å²) in [5.74, 6) is 1.75. The van der Waals surface area contributed by atoms with E-state index in [0.29, 0.717) is 6.04 Å². The van der Waals surface area contributed by atoms with E-state index < -0.39 is 0 Å². The molecule has 1 aliphatic rings. The van der Waals surface area contributed by atoms with Gasteiger partial charge in [-0.05, 0) is 31.2 Å². The predicted octanol–water partition coefficient (Wildman–Crippen LogP) is 3.61. The van der Waals surface area contributed by atoms with Crippen molar-refractivity contribution in [1.82, 2.24) is 5.32 Å². The van der Waals surface area contributed by atoms with Crippen LogP contribution in [0.15, 0.2) is 0 Å². The number of ether oxygens (including phenoxy) is 1. The van der Waals surface area contributed by atoms with Crippen LogP contribution in [0.3, 0.4) is 0 Å². The smallest absolute Gasteiger partial charge is 0.0622 e. The molecule has 0 aromatic carbocycles. The molecule has 0 aliphatic heterocycles. The Balaban J connectivity index is 2.47. The molecule has 1 saturated carbocycles. The van der Waals surface area contributed by atoms with Gasteiger partial charge in [-0.3, -0.25) is 0 Å². The van der Waals surface area contributed by atoms with Gasteiger partial charge in [-0.25, -0.2) is 0 Å². The quantitative estimate of drug-likeness (QED) is 0.656. The Morgan fingerprint density at radius 3 is 2.59 bits per heavy atom. The Labute approximate surface area is 108 Å². The molecule has 0 saturated heterocycles. The summed E-state index contributed by atoms with van der Waals surface area (Å²) in [5, 5.41) is 3.65. The highest BCUT2D eigenvalue weighted by Gasteiger charge is 2.30. The minimum atomic E-state index is 0.580. The summed E-state index contributed by atoms with van der Waals surface area (Å²) in [4.78, 5) is 0. The van der Waals surface area contributed by atoms with Gasteiger partial charge in [-0.2, -0.15) is 0 Å². The van der Waals surface area contributed by atoms with Crippen LogP contribution in [0.1, 0.15) is 59.3 Å². The van der Waals surface area contributed by atoms with Crippen molar-refractivity contribution in [1.29, 1.82) is 0 Å². The van der Waals surface area contributed by atoms with Crippen molar-refractivity contribution in [2.45, 2.75) is 65.3 Å². The fourth-order valence-electron chi connectivity index (χ4n) is 3.22. The fraction of sp³-hybridized carbons (Fsp3) is 1.00. The molecule has 0 aromatic rings. The van der Waals surface area contributed by atoms with Crippen LogP contribution in [0, 0.1) is 11.8 Å². The second kappa shape index (κ2) is 8.93. The SMILES string of the molecule is CCCOCC(NCC)C1CCCCC1CC. The first-order valence-corrected chi connectivity index (χ1v) is 7.64. The molecule has 2 heteroatoms. The first-order chi connectivity index (χ1) is 8.33. The van der Waals surface area contributed by atoms with E-state index >= 15 is 0 Å². The third-order valence-corrected chi connectivity index (χ3v) is 4.12. The maximum absolute atomic E-state index is 5.78. The van der Waals surface area contributed by atoms with E-state index in [2.05, 4.69) is 26.1 Å². The van der Waals surface area contributed by atoms with Gasteiger partial charge in [0.25, 0.3) is 0 Å². The lowest BCUT2D eigenvalue weighted by atomic mass is 9.74. The molecule has 3 atom stereocenters. The van der Waals surface area contributed by atoms with Crippen LogP contribution in [-0.4, -0.2) is 25.8 Å². The molecule has 1 fully saturated rings. The average Bonchev–Trinajstić information content (AvgIpc) is 2.38. The van der Waals surface area contributed by atoms with Crippen LogP contribution in [0.5, 0.6) is 0 Å². The molecule has 1 aliphatic carbocycles. The van der Waals surface area contributed by atoms with Gasteiger partial charge in [0.15, 0.2) is 0 Å². The van der Waals surface area contributed by atoms with Crippen molar-refractivity contribution in [3.63, 3.8) is 0 Å². The zero-order valence-corrected chi connectivity index (χ0v) is 12.0. The van der Waals surface area contributed by atoms with Gasteiger partial charge in [0.1, 0.15) is 0 Å². The summed E-state index contributed by atoms with van der Waals surface area (Å²) in [6.07, 6.45) is 8.13. The molecule has 0 spiro atoms. The molecular formula is C15H31NO. The standard InChI is InChI=1S/C15H31NO/c1-4-11-17-12-15(16-6-3)14-10-8-7-9-13(14)5-2/h13-16H,4-12H2,1-3H3. The number of hydrogen-bond donors (Lipinski definition) is 1. The molecule has 0 aromatic heterocycles. The second-order valence-corrected chi connectivity index (χ2v) is 5.36. The highest BCUT2D eigenvalue weighted by molar-refractivity contribution is 4.84. The van der Waals surface area contributed by atoms with E-state index in [9.17, 15) is 0 Å². The van der Waals surface area contributed by atoms with E-state index in [0.717, 1.165) is 38.0 Å². The van der Waals surface area contributed by atoms with Crippen LogP contribution in [0.25, 0.3) is 0 Å². The van der Waals surface area contributed by atoms with E-state index in [1.165, 1.54) is 32.1 Å². The minimum absolute atomic E-state index is 0.580. The minimum Gasteiger partial charge on any atom is -0.380 e. The van der Waals surface area contributed by atoms with Gasteiger partial charge in [0.2, 0.25) is 0 Å². The Morgan fingerprint density at radius 2 is 1.94 bits per heavy atom. The molecule has 0 amide bonds. The number of hydrogen-bond acceptors (Lipinski definition) is 2. The van der Waals surface area contributed by atoms with Crippen molar-refractivity contribution in [3.8, 4) is 0 Å². The Hall–Kier alpha value is -0.0800. The van der Waals surface area contributed by atoms with Crippen LogP contribution < -0.4 is 5.32 Å². The van der Waals surface area contributed by atoms with E-state index in [1.807, 2.05) is 0 Å². The number of rotatable bonds is 8. The van der Waals surface area contributed by atoms with Gasteiger partial charge in [-0.1, -0.05) is 46.5 Å². The zero-order chi connectivity index (χ0) is 12.5. The molecule has 1 N–H and O–H groups in total. The van der Waals surface area contributed by atoms with E-state index in [-0.39, 0.29) is 0 Å². The average molecular weight is 241 g/mol. The molecule has 1 rings (SSSR count). The third-order valence-electron chi connectivity index (χ3n) is 4.12. The highest BCUT2D eigenvalue weighted by Crippen LogP contribution is 2.34. The van der Waals surface area contributed by atoms with Crippen LogP contribution in [0.2, 0.25) is 0 Å². The van der Waals surface area contributed by atoms with Crippen LogP contribution in [0.4, 0.5) is 0 Å².